The molecule has 3 fully saturated rings. The van der Waals surface area contributed by atoms with Gasteiger partial charge in [0.15, 0.2) is 5.78 Å². The van der Waals surface area contributed by atoms with Gasteiger partial charge in [-0.05, 0) is 31.6 Å². The smallest absolute Gasteiger partial charge is 0.169 e. The number of ether oxygens (including phenoxy) is 1. The van der Waals surface area contributed by atoms with E-state index in [0.29, 0.717) is 5.92 Å². The first-order chi connectivity index (χ1) is 8.77. The van der Waals surface area contributed by atoms with Crippen LogP contribution < -0.4 is 0 Å². The van der Waals surface area contributed by atoms with Gasteiger partial charge >= 0.3 is 0 Å². The molecule has 4 atom stereocenters. The van der Waals surface area contributed by atoms with E-state index in [1.54, 1.807) is 0 Å². The summed E-state index contributed by atoms with van der Waals surface area (Å²) in [5.41, 5.74) is 0. The Morgan fingerprint density at radius 2 is 1.61 bits per heavy atom. The van der Waals surface area contributed by atoms with Crippen LogP contribution >= 0.6 is 0 Å². The first-order valence-electron chi connectivity index (χ1n) is 7.64. The fourth-order valence-corrected chi connectivity index (χ4v) is 4.07. The zero-order chi connectivity index (χ0) is 12.5. The largest absolute Gasteiger partial charge is 0.383 e. The monoisotopic (exact) mass is 252 g/mol. The molecule has 1 aliphatic heterocycles. The van der Waals surface area contributed by atoms with E-state index in [0.717, 1.165) is 32.1 Å². The molecule has 1 heterocycles. The first-order valence-corrected chi connectivity index (χ1v) is 7.64. The Labute approximate surface area is 109 Å². The second-order valence-corrected chi connectivity index (χ2v) is 6.28. The average Bonchev–Trinajstić information content (AvgIpc) is 2.44. The van der Waals surface area contributed by atoms with Gasteiger partial charge < -0.3 is 9.84 Å². The SMILES string of the molecule is O=C1C(O)C(C2CCCCC2)OC2CCCCC12. The Balaban J connectivity index is 1.72. The van der Waals surface area contributed by atoms with Gasteiger partial charge in [0.05, 0.1) is 12.2 Å². The summed E-state index contributed by atoms with van der Waals surface area (Å²) in [7, 11) is 0. The number of aliphatic hydroxyl groups excluding tert-OH is 1. The number of ketones is 1. The zero-order valence-corrected chi connectivity index (χ0v) is 11.0. The van der Waals surface area contributed by atoms with Crippen LogP contribution in [0.15, 0.2) is 0 Å². The van der Waals surface area contributed by atoms with Gasteiger partial charge in [-0.25, -0.2) is 0 Å². The van der Waals surface area contributed by atoms with E-state index in [1.165, 1.54) is 25.7 Å². The fraction of sp³-hybridized carbons (Fsp3) is 0.933. The Morgan fingerprint density at radius 3 is 2.39 bits per heavy atom. The van der Waals surface area contributed by atoms with E-state index in [-0.39, 0.29) is 23.9 Å². The third kappa shape index (κ3) is 2.23. The van der Waals surface area contributed by atoms with Crippen LogP contribution in [-0.2, 0) is 9.53 Å². The van der Waals surface area contributed by atoms with Crippen LogP contribution in [0.1, 0.15) is 57.8 Å². The Bertz CT molecular complexity index is 309. The van der Waals surface area contributed by atoms with Crippen molar-refractivity contribution in [2.75, 3.05) is 0 Å². The maximum Gasteiger partial charge on any atom is 0.169 e. The average molecular weight is 252 g/mol. The van der Waals surface area contributed by atoms with Crippen molar-refractivity contribution in [3.05, 3.63) is 0 Å². The van der Waals surface area contributed by atoms with E-state index >= 15 is 0 Å². The molecule has 18 heavy (non-hydrogen) atoms. The van der Waals surface area contributed by atoms with Crippen molar-refractivity contribution in [2.45, 2.75) is 76.1 Å². The highest BCUT2D eigenvalue weighted by Gasteiger charge is 2.47. The molecule has 0 bridgehead atoms. The van der Waals surface area contributed by atoms with E-state index in [4.69, 9.17) is 4.74 Å². The number of aliphatic hydroxyl groups is 1. The molecular formula is C15H24O3. The van der Waals surface area contributed by atoms with Crippen molar-refractivity contribution in [3.8, 4) is 0 Å². The van der Waals surface area contributed by atoms with Crippen molar-refractivity contribution >= 4 is 5.78 Å². The zero-order valence-electron chi connectivity index (χ0n) is 11.0. The van der Waals surface area contributed by atoms with E-state index < -0.39 is 6.10 Å². The van der Waals surface area contributed by atoms with E-state index in [9.17, 15) is 9.90 Å². The second kappa shape index (κ2) is 5.30. The predicted octanol–water partition coefficient (Wildman–Crippen LogP) is 2.45. The van der Waals surface area contributed by atoms with E-state index in [2.05, 4.69) is 0 Å². The number of hydrogen-bond acceptors (Lipinski definition) is 3. The molecule has 3 nitrogen and oxygen atoms in total. The van der Waals surface area contributed by atoms with E-state index in [1.807, 2.05) is 0 Å². The topological polar surface area (TPSA) is 46.5 Å². The van der Waals surface area contributed by atoms with Crippen molar-refractivity contribution in [2.24, 2.45) is 11.8 Å². The normalized spacial score (nSPS) is 42.6. The molecule has 0 radical (unpaired) electrons. The quantitative estimate of drug-likeness (QED) is 0.779. The summed E-state index contributed by atoms with van der Waals surface area (Å²) < 4.78 is 6.14. The van der Waals surface area contributed by atoms with Crippen molar-refractivity contribution in [3.63, 3.8) is 0 Å². The molecule has 2 aliphatic carbocycles. The van der Waals surface area contributed by atoms with Gasteiger partial charge in [-0.2, -0.15) is 0 Å². The number of fused-ring (bicyclic) bond motifs is 1. The van der Waals surface area contributed by atoms with Crippen molar-refractivity contribution in [1.82, 2.24) is 0 Å². The molecule has 3 rings (SSSR count). The lowest BCUT2D eigenvalue weighted by atomic mass is 9.74. The summed E-state index contributed by atoms with van der Waals surface area (Å²) in [6.07, 6.45) is 9.20. The number of rotatable bonds is 1. The van der Waals surface area contributed by atoms with Gasteiger partial charge in [-0.15, -0.1) is 0 Å². The third-order valence-electron chi connectivity index (χ3n) is 5.12. The molecule has 1 saturated heterocycles. The number of Topliss-reactive ketones (excluding diaryl/α,β-unsaturated/α-hetero) is 1. The first kappa shape index (κ1) is 12.6. The molecule has 2 saturated carbocycles. The Morgan fingerprint density at radius 1 is 0.944 bits per heavy atom. The van der Waals surface area contributed by atoms with Gasteiger partial charge in [0.25, 0.3) is 0 Å². The summed E-state index contributed by atoms with van der Waals surface area (Å²) in [4.78, 5) is 12.3. The minimum Gasteiger partial charge on any atom is -0.383 e. The van der Waals surface area contributed by atoms with Crippen molar-refractivity contribution < 1.29 is 14.6 Å². The lowest BCUT2D eigenvalue weighted by molar-refractivity contribution is -0.186. The van der Waals surface area contributed by atoms with Crippen LogP contribution in [0.4, 0.5) is 0 Å². The minimum absolute atomic E-state index is 0.0198. The predicted molar refractivity (Wildman–Crippen MR) is 68.2 cm³/mol. The highest BCUT2D eigenvalue weighted by atomic mass is 16.5. The molecule has 4 unspecified atom stereocenters. The fourth-order valence-electron chi connectivity index (χ4n) is 4.07. The van der Waals surface area contributed by atoms with Crippen LogP contribution in [0.25, 0.3) is 0 Å². The van der Waals surface area contributed by atoms with Gasteiger partial charge in [-0.1, -0.05) is 32.1 Å². The number of hydrogen-bond donors (Lipinski definition) is 1. The molecule has 3 heteroatoms. The molecule has 1 N–H and O–H groups in total. The van der Waals surface area contributed by atoms with Gasteiger partial charge in [0.2, 0.25) is 0 Å². The van der Waals surface area contributed by atoms with Crippen LogP contribution in [0.2, 0.25) is 0 Å². The Kier molecular flexibility index (Phi) is 3.71. The lowest BCUT2D eigenvalue weighted by Crippen LogP contribution is -2.55. The molecule has 0 amide bonds. The summed E-state index contributed by atoms with van der Waals surface area (Å²) in [5, 5.41) is 10.3. The van der Waals surface area contributed by atoms with Crippen LogP contribution in [0.5, 0.6) is 0 Å². The molecule has 0 aromatic carbocycles. The molecule has 0 aromatic rings. The van der Waals surface area contributed by atoms with Crippen LogP contribution in [0, 0.1) is 11.8 Å². The molecule has 0 spiro atoms. The Hall–Kier alpha value is -0.410. The lowest BCUT2D eigenvalue weighted by Gasteiger charge is -2.44. The number of carbonyl (C=O) groups excluding carboxylic acids is 1. The molecule has 0 aromatic heterocycles. The molecule has 3 aliphatic rings. The summed E-state index contributed by atoms with van der Waals surface area (Å²) in [6.45, 7) is 0. The minimum atomic E-state index is -0.854. The third-order valence-corrected chi connectivity index (χ3v) is 5.12. The maximum absolute atomic E-state index is 12.3. The summed E-state index contributed by atoms with van der Waals surface area (Å²) >= 11 is 0. The molecular weight excluding hydrogens is 228 g/mol. The van der Waals surface area contributed by atoms with Crippen LogP contribution in [-0.4, -0.2) is 29.2 Å². The highest BCUT2D eigenvalue weighted by Crippen LogP contribution is 2.39. The highest BCUT2D eigenvalue weighted by molar-refractivity contribution is 5.87. The van der Waals surface area contributed by atoms with Gasteiger partial charge in [-0.3, -0.25) is 4.79 Å². The second-order valence-electron chi connectivity index (χ2n) is 6.28. The van der Waals surface area contributed by atoms with Crippen LogP contribution in [0.3, 0.4) is 0 Å². The molecule has 102 valence electrons. The number of carbonyl (C=O) groups is 1. The van der Waals surface area contributed by atoms with Gasteiger partial charge in [0, 0.05) is 5.92 Å². The van der Waals surface area contributed by atoms with Crippen molar-refractivity contribution in [1.29, 1.82) is 0 Å². The summed E-state index contributed by atoms with van der Waals surface area (Å²) in [6, 6.07) is 0. The maximum atomic E-state index is 12.3. The standard InChI is InChI=1S/C15H24O3/c16-13-11-8-4-5-9-12(11)18-15(14(13)17)10-6-2-1-3-7-10/h10-12,14-15,17H,1-9H2. The van der Waals surface area contributed by atoms with Gasteiger partial charge in [0.1, 0.15) is 6.10 Å². The summed E-state index contributed by atoms with van der Waals surface area (Å²) in [5.74, 6) is 0.454.